The van der Waals surface area contributed by atoms with E-state index in [1.165, 1.54) is 6.07 Å². The second kappa shape index (κ2) is 8.62. The zero-order valence-corrected chi connectivity index (χ0v) is 13.6. The number of carbonyl (C=O) groups excluding carboxylic acids is 1. The summed E-state index contributed by atoms with van der Waals surface area (Å²) in [5.74, 6) is 0.141. The number of carboxylic acids is 1. The van der Waals surface area contributed by atoms with Gasteiger partial charge in [-0.2, -0.15) is 0 Å². The summed E-state index contributed by atoms with van der Waals surface area (Å²) < 4.78 is 11.2. The van der Waals surface area contributed by atoms with Crippen LogP contribution < -0.4 is 19.9 Å². The van der Waals surface area contributed by atoms with Crippen LogP contribution in [0.15, 0.2) is 55.1 Å². The fourth-order valence-corrected chi connectivity index (χ4v) is 2.16. The van der Waals surface area contributed by atoms with E-state index < -0.39 is 5.97 Å². The standard InChI is InChI=1S/C19H21NO4/c1-3-10-24-17-9-8-14(11-18(17)23-4-2)13-20-16-7-5-6-15(12-16)19(21)22/h3,5-9,11-12,20H,1,4,10,13H2,2H3,(H,21,22)/p-1. The first-order chi connectivity index (χ1) is 11.6. The van der Waals surface area contributed by atoms with E-state index in [0.29, 0.717) is 36.9 Å². The van der Waals surface area contributed by atoms with Crippen LogP contribution in [0.1, 0.15) is 22.8 Å². The molecule has 0 aromatic heterocycles. The molecule has 0 aliphatic carbocycles. The van der Waals surface area contributed by atoms with Gasteiger partial charge >= 0.3 is 0 Å². The second-order valence-electron chi connectivity index (χ2n) is 5.04. The maximum absolute atomic E-state index is 10.9. The molecule has 0 amide bonds. The van der Waals surface area contributed by atoms with Crippen molar-refractivity contribution in [2.24, 2.45) is 0 Å². The van der Waals surface area contributed by atoms with Gasteiger partial charge in [0.2, 0.25) is 0 Å². The summed E-state index contributed by atoms with van der Waals surface area (Å²) in [6.07, 6.45) is 1.68. The number of benzene rings is 2. The van der Waals surface area contributed by atoms with Crippen molar-refractivity contribution in [1.82, 2.24) is 0 Å². The van der Waals surface area contributed by atoms with Gasteiger partial charge < -0.3 is 24.7 Å². The summed E-state index contributed by atoms with van der Waals surface area (Å²) in [7, 11) is 0. The van der Waals surface area contributed by atoms with Gasteiger partial charge in [0.05, 0.1) is 12.6 Å². The first kappa shape index (κ1) is 17.4. The summed E-state index contributed by atoms with van der Waals surface area (Å²) >= 11 is 0. The van der Waals surface area contributed by atoms with E-state index in [1.807, 2.05) is 25.1 Å². The maximum atomic E-state index is 10.9. The summed E-state index contributed by atoms with van der Waals surface area (Å²) in [5, 5.41) is 14.1. The number of ether oxygens (including phenoxy) is 2. The summed E-state index contributed by atoms with van der Waals surface area (Å²) in [4.78, 5) is 10.9. The molecule has 5 nitrogen and oxygen atoms in total. The molecule has 0 radical (unpaired) electrons. The van der Waals surface area contributed by atoms with E-state index >= 15 is 0 Å². The normalized spacial score (nSPS) is 10.0. The molecule has 0 fully saturated rings. The average molecular weight is 326 g/mol. The van der Waals surface area contributed by atoms with Crippen LogP contribution in [0.25, 0.3) is 0 Å². The van der Waals surface area contributed by atoms with E-state index in [-0.39, 0.29) is 5.56 Å². The second-order valence-corrected chi connectivity index (χ2v) is 5.04. The molecule has 0 aliphatic heterocycles. The molecule has 0 bridgehead atoms. The monoisotopic (exact) mass is 326 g/mol. The van der Waals surface area contributed by atoms with Gasteiger partial charge in [0.15, 0.2) is 11.5 Å². The van der Waals surface area contributed by atoms with Gasteiger partial charge in [0.25, 0.3) is 0 Å². The Morgan fingerprint density at radius 2 is 2.04 bits per heavy atom. The molecule has 126 valence electrons. The van der Waals surface area contributed by atoms with Crippen LogP contribution in [-0.2, 0) is 6.54 Å². The van der Waals surface area contributed by atoms with Crippen molar-refractivity contribution in [1.29, 1.82) is 0 Å². The number of rotatable bonds is 9. The third-order valence-corrected chi connectivity index (χ3v) is 3.26. The Morgan fingerprint density at radius 1 is 1.21 bits per heavy atom. The van der Waals surface area contributed by atoms with E-state index in [9.17, 15) is 9.90 Å². The molecule has 0 aliphatic rings. The van der Waals surface area contributed by atoms with Crippen LogP contribution in [-0.4, -0.2) is 19.2 Å². The van der Waals surface area contributed by atoms with Crippen LogP contribution in [0.3, 0.4) is 0 Å². The maximum Gasteiger partial charge on any atom is 0.161 e. The Balaban J connectivity index is 2.09. The Morgan fingerprint density at radius 3 is 2.75 bits per heavy atom. The Kier molecular flexibility index (Phi) is 6.25. The zero-order chi connectivity index (χ0) is 17.4. The summed E-state index contributed by atoms with van der Waals surface area (Å²) in [6, 6.07) is 12.2. The number of carbonyl (C=O) groups is 1. The Bertz CT molecular complexity index is 712. The zero-order valence-electron chi connectivity index (χ0n) is 13.6. The van der Waals surface area contributed by atoms with E-state index in [0.717, 1.165) is 5.56 Å². The smallest absolute Gasteiger partial charge is 0.161 e. The average Bonchev–Trinajstić information content (AvgIpc) is 2.59. The van der Waals surface area contributed by atoms with Crippen LogP contribution in [0.4, 0.5) is 5.69 Å². The van der Waals surface area contributed by atoms with Crippen LogP contribution in [0, 0.1) is 0 Å². The first-order valence-corrected chi connectivity index (χ1v) is 7.68. The minimum atomic E-state index is -1.19. The molecule has 0 saturated heterocycles. The molecule has 2 aromatic rings. The van der Waals surface area contributed by atoms with Crippen molar-refractivity contribution in [2.75, 3.05) is 18.5 Å². The molecule has 0 spiro atoms. The molecule has 2 rings (SSSR count). The Labute approximate surface area is 141 Å². The van der Waals surface area contributed by atoms with E-state index in [4.69, 9.17) is 9.47 Å². The van der Waals surface area contributed by atoms with Gasteiger partial charge in [-0.1, -0.05) is 30.9 Å². The molecule has 0 atom stereocenters. The number of nitrogens with one attached hydrogen (secondary N) is 1. The molecule has 0 unspecified atom stereocenters. The highest BCUT2D eigenvalue weighted by Gasteiger charge is 2.06. The molecule has 0 heterocycles. The highest BCUT2D eigenvalue weighted by molar-refractivity contribution is 5.87. The number of carboxylic acid groups (broad SMARTS) is 1. The Hall–Kier alpha value is -2.95. The summed E-state index contributed by atoms with van der Waals surface area (Å²) in [6.45, 7) is 7.01. The molecule has 0 saturated carbocycles. The van der Waals surface area contributed by atoms with Crippen molar-refractivity contribution in [3.8, 4) is 11.5 Å². The van der Waals surface area contributed by atoms with Gasteiger partial charge in [-0.3, -0.25) is 0 Å². The van der Waals surface area contributed by atoms with E-state index in [1.54, 1.807) is 24.3 Å². The van der Waals surface area contributed by atoms with Gasteiger partial charge in [0.1, 0.15) is 6.61 Å². The fraction of sp³-hybridized carbons (Fsp3) is 0.211. The molecule has 5 heteroatoms. The lowest BCUT2D eigenvalue weighted by molar-refractivity contribution is -0.255. The lowest BCUT2D eigenvalue weighted by Crippen LogP contribution is -2.22. The minimum absolute atomic E-state index is 0.142. The van der Waals surface area contributed by atoms with Gasteiger partial charge in [0, 0.05) is 12.2 Å². The lowest BCUT2D eigenvalue weighted by atomic mass is 10.1. The van der Waals surface area contributed by atoms with Crippen molar-refractivity contribution in [2.45, 2.75) is 13.5 Å². The topological polar surface area (TPSA) is 70.6 Å². The largest absolute Gasteiger partial charge is 0.545 e. The number of anilines is 1. The first-order valence-electron chi connectivity index (χ1n) is 7.68. The number of hydrogen-bond acceptors (Lipinski definition) is 5. The quantitative estimate of drug-likeness (QED) is 0.717. The van der Waals surface area contributed by atoms with E-state index in [2.05, 4.69) is 11.9 Å². The number of hydrogen-bond donors (Lipinski definition) is 1. The fourth-order valence-electron chi connectivity index (χ4n) is 2.16. The van der Waals surface area contributed by atoms with Crippen LogP contribution in [0.2, 0.25) is 0 Å². The summed E-state index contributed by atoms with van der Waals surface area (Å²) in [5.41, 5.74) is 1.84. The van der Waals surface area contributed by atoms with Gasteiger partial charge in [-0.05, 0) is 42.3 Å². The third-order valence-electron chi connectivity index (χ3n) is 3.26. The van der Waals surface area contributed by atoms with Crippen LogP contribution >= 0.6 is 0 Å². The van der Waals surface area contributed by atoms with Crippen LogP contribution in [0.5, 0.6) is 11.5 Å². The van der Waals surface area contributed by atoms with Gasteiger partial charge in [-0.25, -0.2) is 0 Å². The highest BCUT2D eigenvalue weighted by atomic mass is 16.5. The van der Waals surface area contributed by atoms with Crippen molar-refractivity contribution < 1.29 is 19.4 Å². The molecule has 1 N–H and O–H groups in total. The number of aromatic carboxylic acids is 1. The van der Waals surface area contributed by atoms with Crippen molar-refractivity contribution in [3.63, 3.8) is 0 Å². The molecule has 24 heavy (non-hydrogen) atoms. The highest BCUT2D eigenvalue weighted by Crippen LogP contribution is 2.29. The predicted molar refractivity (Wildman–Crippen MR) is 91.4 cm³/mol. The van der Waals surface area contributed by atoms with Gasteiger partial charge in [-0.15, -0.1) is 0 Å². The third kappa shape index (κ3) is 4.78. The molecular formula is C19H20NO4-. The van der Waals surface area contributed by atoms with Crippen molar-refractivity contribution >= 4 is 11.7 Å². The molecular weight excluding hydrogens is 306 g/mol. The minimum Gasteiger partial charge on any atom is -0.545 e. The molecule has 2 aromatic carbocycles. The lowest BCUT2D eigenvalue weighted by Gasteiger charge is -2.13. The SMILES string of the molecule is C=CCOc1ccc(CNc2cccc(C(=O)[O-])c2)cc1OCC. The predicted octanol–water partition coefficient (Wildman–Crippen LogP) is 2.63. The van der Waals surface area contributed by atoms with Crippen molar-refractivity contribution in [3.05, 3.63) is 66.2 Å².